The van der Waals surface area contributed by atoms with Crippen LogP contribution >= 0.6 is 0 Å². The van der Waals surface area contributed by atoms with Crippen molar-refractivity contribution in [3.8, 4) is 6.07 Å². The van der Waals surface area contributed by atoms with Crippen LogP contribution in [-0.2, 0) is 11.2 Å². The lowest BCUT2D eigenvalue weighted by molar-refractivity contribution is -0.132. The fourth-order valence-corrected chi connectivity index (χ4v) is 5.60. The Labute approximate surface area is 290 Å². The SMILES string of the molecule is C=C(N)CC(=C)CC/C(C)=C/CCc1cc(C(=O)NC)ccc1C(C[C@@H](C)NCC(=O)N(C(C)C#N)C1CC1C)C(N)=NC.CCNC. The molecule has 48 heavy (non-hydrogen) atoms. The van der Waals surface area contributed by atoms with E-state index in [0.717, 1.165) is 55.3 Å². The van der Waals surface area contributed by atoms with Crippen LogP contribution in [0.1, 0.15) is 101 Å². The molecule has 4 unspecified atom stereocenters. The number of nitriles is 1. The van der Waals surface area contributed by atoms with Crippen molar-refractivity contribution in [1.82, 2.24) is 20.9 Å². The number of nitrogens with one attached hydrogen (secondary N) is 3. The number of carbonyl (C=O) groups is 2. The lowest BCUT2D eigenvalue weighted by Gasteiger charge is -2.28. The molecule has 7 N–H and O–H groups in total. The largest absolute Gasteiger partial charge is 0.402 e. The smallest absolute Gasteiger partial charge is 0.251 e. The van der Waals surface area contributed by atoms with Crippen LogP contribution in [0.5, 0.6) is 0 Å². The van der Waals surface area contributed by atoms with Crippen molar-refractivity contribution in [3.63, 3.8) is 0 Å². The van der Waals surface area contributed by atoms with Crippen LogP contribution in [0.25, 0.3) is 0 Å². The fourth-order valence-electron chi connectivity index (χ4n) is 5.60. The number of amidine groups is 1. The van der Waals surface area contributed by atoms with Crippen LogP contribution in [0.15, 0.2) is 59.3 Å². The van der Waals surface area contributed by atoms with Gasteiger partial charge in [0.2, 0.25) is 5.91 Å². The van der Waals surface area contributed by atoms with Gasteiger partial charge in [-0.25, -0.2) is 0 Å². The van der Waals surface area contributed by atoms with Crippen LogP contribution in [0.4, 0.5) is 0 Å². The van der Waals surface area contributed by atoms with E-state index in [1.165, 1.54) is 5.57 Å². The first-order valence-corrected chi connectivity index (χ1v) is 17.2. The first kappa shape index (κ1) is 42.1. The molecular formula is C38H62N8O2. The minimum atomic E-state index is -0.464. The van der Waals surface area contributed by atoms with E-state index in [9.17, 15) is 14.9 Å². The zero-order valence-corrected chi connectivity index (χ0v) is 30.8. The van der Waals surface area contributed by atoms with E-state index in [-0.39, 0.29) is 36.4 Å². The third-order valence-electron chi connectivity index (χ3n) is 8.74. The van der Waals surface area contributed by atoms with Crippen LogP contribution in [-0.4, -0.2) is 74.9 Å². The molecule has 1 aromatic rings. The Morgan fingerprint density at radius 3 is 2.38 bits per heavy atom. The van der Waals surface area contributed by atoms with Gasteiger partial charge in [0.15, 0.2) is 0 Å². The van der Waals surface area contributed by atoms with Gasteiger partial charge in [-0.05, 0) is 102 Å². The van der Waals surface area contributed by atoms with E-state index in [1.807, 2.05) is 32.2 Å². The predicted molar refractivity (Wildman–Crippen MR) is 200 cm³/mol. The zero-order chi connectivity index (χ0) is 36.4. The van der Waals surface area contributed by atoms with Gasteiger partial charge in [-0.1, -0.05) is 50.3 Å². The van der Waals surface area contributed by atoms with Gasteiger partial charge in [-0.2, -0.15) is 5.26 Å². The molecular weight excluding hydrogens is 600 g/mol. The number of hydrogen-bond acceptors (Lipinski definition) is 7. The summed E-state index contributed by atoms with van der Waals surface area (Å²) in [5, 5.41) is 18.5. The van der Waals surface area contributed by atoms with Crippen LogP contribution in [0, 0.1) is 17.2 Å². The number of amides is 2. The second-order valence-corrected chi connectivity index (χ2v) is 13.0. The van der Waals surface area contributed by atoms with Crippen molar-refractivity contribution in [3.05, 3.63) is 71.0 Å². The zero-order valence-electron chi connectivity index (χ0n) is 30.8. The molecule has 10 heteroatoms. The molecule has 1 aliphatic rings. The molecule has 0 bridgehead atoms. The number of rotatable bonds is 19. The van der Waals surface area contributed by atoms with Gasteiger partial charge in [-0.3, -0.25) is 14.6 Å². The average molecular weight is 663 g/mol. The summed E-state index contributed by atoms with van der Waals surface area (Å²) in [5.41, 5.74) is 17.8. The van der Waals surface area contributed by atoms with Gasteiger partial charge >= 0.3 is 0 Å². The standard InChI is InChI=1S/C35H53N7O2.C3H9N/c1-22(12-13-23(2)16-25(4)37)10-9-11-28-19-29(35(44)40-8)14-15-30(28)31(34(38)39-7)18-26(5)41-21-33(43)42(27(6)20-36)32-17-24(32)3;1-3-4-2/h10,14-15,19,24,26-27,31-32,41H,2,4,9,11-13,16-18,21,37H2,1,3,5-8H3,(H2,38,39)(H,40,44);4H,3H2,1-2H3/b22-10+;/t24?,26-,27?,31?,32?;/m1./s1. The lowest BCUT2D eigenvalue weighted by atomic mass is 9.85. The number of nitrogens with two attached hydrogens (primary N) is 2. The molecule has 5 atom stereocenters. The lowest BCUT2D eigenvalue weighted by Crippen LogP contribution is -2.46. The summed E-state index contributed by atoms with van der Waals surface area (Å²) in [6.07, 6.45) is 7.72. The van der Waals surface area contributed by atoms with Gasteiger partial charge in [0.25, 0.3) is 5.91 Å². The Morgan fingerprint density at radius 1 is 1.21 bits per heavy atom. The summed E-state index contributed by atoms with van der Waals surface area (Å²) in [6.45, 7) is 19.2. The molecule has 1 aromatic carbocycles. The highest BCUT2D eigenvalue weighted by molar-refractivity contribution is 5.95. The second-order valence-electron chi connectivity index (χ2n) is 13.0. The predicted octanol–water partition coefficient (Wildman–Crippen LogP) is 4.94. The molecule has 0 spiro atoms. The normalized spacial score (nSPS) is 17.6. The third kappa shape index (κ3) is 14.4. The average Bonchev–Trinajstić information content (AvgIpc) is 3.79. The minimum Gasteiger partial charge on any atom is -0.402 e. The molecule has 266 valence electrons. The molecule has 1 fully saturated rings. The highest BCUT2D eigenvalue weighted by Crippen LogP contribution is 2.36. The minimum absolute atomic E-state index is 0.0635. The fraction of sp³-hybridized carbons (Fsp3) is 0.579. The Bertz CT molecular complexity index is 1330. The topological polar surface area (TPSA) is 162 Å². The van der Waals surface area contributed by atoms with E-state index in [1.54, 1.807) is 25.9 Å². The number of aliphatic imine (C=N–C) groups is 1. The molecule has 0 aliphatic heterocycles. The number of benzene rings is 1. The van der Waals surface area contributed by atoms with E-state index in [4.69, 9.17) is 11.5 Å². The summed E-state index contributed by atoms with van der Waals surface area (Å²) in [4.78, 5) is 31.7. The Kier molecular flexibility index (Phi) is 19.1. The van der Waals surface area contributed by atoms with Gasteiger partial charge in [-0.15, -0.1) is 0 Å². The summed E-state index contributed by atoms with van der Waals surface area (Å²) >= 11 is 0. The van der Waals surface area contributed by atoms with Crippen LogP contribution in [0.3, 0.4) is 0 Å². The first-order valence-electron chi connectivity index (χ1n) is 17.2. The molecule has 2 amide bonds. The maximum Gasteiger partial charge on any atom is 0.251 e. The molecule has 0 aromatic heterocycles. The summed E-state index contributed by atoms with van der Waals surface area (Å²) in [5.74, 6) is 0.498. The van der Waals surface area contributed by atoms with Gasteiger partial charge in [0.05, 0.1) is 12.6 Å². The number of aryl methyl sites for hydroxylation is 1. The van der Waals surface area contributed by atoms with Crippen LogP contribution < -0.4 is 27.4 Å². The maximum absolute atomic E-state index is 13.1. The molecule has 0 heterocycles. The van der Waals surface area contributed by atoms with Gasteiger partial charge < -0.3 is 32.3 Å². The number of allylic oxidation sites excluding steroid dienone is 3. The number of hydrogen-bond donors (Lipinski definition) is 5. The van der Waals surface area contributed by atoms with E-state index in [0.29, 0.717) is 35.9 Å². The summed E-state index contributed by atoms with van der Waals surface area (Å²) in [6, 6.07) is 7.57. The molecule has 1 saturated carbocycles. The Morgan fingerprint density at radius 2 is 1.85 bits per heavy atom. The molecule has 0 saturated heterocycles. The summed E-state index contributed by atoms with van der Waals surface area (Å²) in [7, 11) is 5.23. The first-order chi connectivity index (χ1) is 22.7. The summed E-state index contributed by atoms with van der Waals surface area (Å²) < 4.78 is 0. The molecule has 1 aliphatic carbocycles. The van der Waals surface area contributed by atoms with E-state index >= 15 is 0 Å². The Balaban J connectivity index is 0.00000272. The van der Waals surface area contributed by atoms with Crippen molar-refractivity contribution in [2.45, 2.75) is 104 Å². The quantitative estimate of drug-likeness (QED) is 0.0797. The van der Waals surface area contributed by atoms with E-state index in [2.05, 4.69) is 67.0 Å². The highest BCUT2D eigenvalue weighted by atomic mass is 16.2. The van der Waals surface area contributed by atoms with Crippen molar-refractivity contribution in [1.29, 1.82) is 5.26 Å². The van der Waals surface area contributed by atoms with Crippen molar-refractivity contribution >= 4 is 17.6 Å². The van der Waals surface area contributed by atoms with E-state index < -0.39 is 6.04 Å². The molecule has 0 radical (unpaired) electrons. The van der Waals surface area contributed by atoms with Gasteiger partial charge in [0, 0.05) is 49.8 Å². The second kappa shape index (κ2) is 21.8. The molecule has 10 nitrogen and oxygen atoms in total. The van der Waals surface area contributed by atoms with Crippen molar-refractivity contribution in [2.75, 3.05) is 34.2 Å². The highest BCUT2D eigenvalue weighted by Gasteiger charge is 2.42. The van der Waals surface area contributed by atoms with Crippen LogP contribution in [0.2, 0.25) is 0 Å². The van der Waals surface area contributed by atoms with Gasteiger partial charge in [0.1, 0.15) is 11.9 Å². The third-order valence-corrected chi connectivity index (χ3v) is 8.74. The monoisotopic (exact) mass is 662 g/mol. The van der Waals surface area contributed by atoms with Crippen molar-refractivity contribution in [2.24, 2.45) is 22.4 Å². The number of nitrogens with zero attached hydrogens (tertiary/aromatic N) is 3. The van der Waals surface area contributed by atoms with Crippen molar-refractivity contribution < 1.29 is 9.59 Å². The molecule has 2 rings (SSSR count). The Hall–Kier alpha value is -3.94. The number of carbonyl (C=O) groups excluding carboxylic acids is 2. The maximum atomic E-state index is 13.1.